The number of carbonyl (C=O) groups excluding carboxylic acids is 1. The molecule has 0 radical (unpaired) electrons. The molecule has 3 heterocycles. The molecule has 0 aliphatic carbocycles. The van der Waals surface area contributed by atoms with Gasteiger partial charge in [0, 0.05) is 49.1 Å². The molecule has 31 heavy (non-hydrogen) atoms. The fourth-order valence-corrected chi connectivity index (χ4v) is 4.09. The first kappa shape index (κ1) is 19.3. The summed E-state index contributed by atoms with van der Waals surface area (Å²) in [5.74, 6) is 0.923. The lowest BCUT2D eigenvalue weighted by Gasteiger charge is -2.12. The molecule has 0 spiro atoms. The van der Waals surface area contributed by atoms with Crippen LogP contribution in [0.4, 0.5) is 0 Å². The van der Waals surface area contributed by atoms with Crippen molar-refractivity contribution in [2.75, 3.05) is 6.54 Å². The average Bonchev–Trinajstić information content (AvgIpc) is 3.42. The Hall–Kier alpha value is -3.67. The van der Waals surface area contributed by atoms with E-state index in [9.17, 15) is 4.79 Å². The number of aryl methyl sites for hydroxylation is 2. The summed E-state index contributed by atoms with van der Waals surface area (Å²) < 4.78 is 7.90. The van der Waals surface area contributed by atoms with E-state index >= 15 is 0 Å². The summed E-state index contributed by atoms with van der Waals surface area (Å²) in [4.78, 5) is 16.4. The Kier molecular flexibility index (Phi) is 5.12. The summed E-state index contributed by atoms with van der Waals surface area (Å²) >= 11 is 0. The fraction of sp³-hybridized carbons (Fsp3) is 0.240. The summed E-state index contributed by atoms with van der Waals surface area (Å²) in [5.41, 5.74) is 4.42. The Bertz CT molecular complexity index is 1230. The summed E-state index contributed by atoms with van der Waals surface area (Å²) in [6, 6.07) is 16.6. The quantitative estimate of drug-likeness (QED) is 0.521. The van der Waals surface area contributed by atoms with Gasteiger partial charge in [-0.25, -0.2) is 0 Å². The molecule has 1 amide bonds. The minimum Gasteiger partial charge on any atom is -0.488 e. The average molecular weight is 412 g/mol. The zero-order valence-corrected chi connectivity index (χ0v) is 17.4. The minimum absolute atomic E-state index is 0.0127. The predicted molar refractivity (Wildman–Crippen MR) is 120 cm³/mol. The van der Waals surface area contributed by atoms with Gasteiger partial charge < -0.3 is 10.1 Å². The number of nitrogens with one attached hydrogen (secondary N) is 1. The van der Waals surface area contributed by atoms with Gasteiger partial charge >= 0.3 is 0 Å². The molecular formula is C25H24N4O2. The second-order valence-corrected chi connectivity index (χ2v) is 7.94. The number of rotatable bonds is 6. The largest absolute Gasteiger partial charge is 0.488 e. The van der Waals surface area contributed by atoms with Gasteiger partial charge in [-0.3, -0.25) is 14.5 Å². The normalized spacial score (nSPS) is 14.9. The molecule has 0 saturated carbocycles. The number of ether oxygens (including phenoxy) is 1. The molecular weight excluding hydrogens is 388 g/mol. The summed E-state index contributed by atoms with van der Waals surface area (Å²) in [6.07, 6.45) is 6.70. The molecule has 4 aromatic rings. The monoisotopic (exact) mass is 412 g/mol. The van der Waals surface area contributed by atoms with Crippen LogP contribution in [0.3, 0.4) is 0 Å². The van der Waals surface area contributed by atoms with Crippen molar-refractivity contribution in [1.29, 1.82) is 0 Å². The van der Waals surface area contributed by atoms with E-state index in [2.05, 4.69) is 45.7 Å². The van der Waals surface area contributed by atoms with Crippen LogP contribution < -0.4 is 10.1 Å². The zero-order chi connectivity index (χ0) is 21.2. The van der Waals surface area contributed by atoms with Crippen LogP contribution in [0.15, 0.2) is 67.1 Å². The van der Waals surface area contributed by atoms with E-state index in [0.717, 1.165) is 29.0 Å². The maximum atomic E-state index is 12.2. The summed E-state index contributed by atoms with van der Waals surface area (Å²) in [7, 11) is 0. The van der Waals surface area contributed by atoms with Crippen LogP contribution in [0, 0.1) is 6.92 Å². The predicted octanol–water partition coefficient (Wildman–Crippen LogP) is 3.92. The molecule has 1 atom stereocenters. The van der Waals surface area contributed by atoms with Gasteiger partial charge in [0.15, 0.2) is 0 Å². The molecule has 5 rings (SSSR count). The van der Waals surface area contributed by atoms with Crippen LogP contribution in [0.1, 0.15) is 17.7 Å². The lowest BCUT2D eigenvalue weighted by molar-refractivity contribution is -0.121. The number of pyridine rings is 1. The Morgan fingerprint density at radius 2 is 2.13 bits per heavy atom. The maximum Gasteiger partial charge on any atom is 0.221 e. The van der Waals surface area contributed by atoms with Crippen molar-refractivity contribution in [3.63, 3.8) is 0 Å². The standard InChI is InChI=1S/C25H24N4O2/c1-17-8-11-29(28-17)12-9-25(30)27-16-21-14-23-22-6-4-18(20-3-2-10-26-15-20)13-19(22)5-7-24(23)31-21/h2-8,10-11,13,15,21H,9,12,14,16H2,1H3,(H,27,30)/t21-/m0/s1. The molecule has 156 valence electrons. The molecule has 0 saturated heterocycles. The Morgan fingerprint density at radius 3 is 2.94 bits per heavy atom. The van der Waals surface area contributed by atoms with Crippen LogP contribution in [0.25, 0.3) is 21.9 Å². The van der Waals surface area contributed by atoms with E-state index in [1.54, 1.807) is 10.9 Å². The van der Waals surface area contributed by atoms with Crippen molar-refractivity contribution in [1.82, 2.24) is 20.1 Å². The number of amides is 1. The van der Waals surface area contributed by atoms with E-state index in [1.807, 2.05) is 37.5 Å². The third-order valence-corrected chi connectivity index (χ3v) is 5.68. The lowest BCUT2D eigenvalue weighted by atomic mass is 9.97. The topological polar surface area (TPSA) is 69.0 Å². The molecule has 1 aliphatic rings. The van der Waals surface area contributed by atoms with Gasteiger partial charge in [-0.1, -0.05) is 24.3 Å². The Balaban J connectivity index is 1.23. The third-order valence-electron chi connectivity index (χ3n) is 5.68. The first-order valence-corrected chi connectivity index (χ1v) is 10.6. The number of aromatic nitrogens is 3. The highest BCUT2D eigenvalue weighted by atomic mass is 16.5. The molecule has 2 aromatic heterocycles. The van der Waals surface area contributed by atoms with Gasteiger partial charge in [-0.15, -0.1) is 0 Å². The number of hydrogen-bond donors (Lipinski definition) is 1. The molecule has 0 bridgehead atoms. The molecule has 1 aliphatic heterocycles. The number of nitrogens with zero attached hydrogens (tertiary/aromatic N) is 3. The first-order chi connectivity index (χ1) is 15.2. The smallest absolute Gasteiger partial charge is 0.221 e. The highest BCUT2D eigenvalue weighted by molar-refractivity contribution is 5.91. The number of hydrogen-bond acceptors (Lipinski definition) is 4. The highest BCUT2D eigenvalue weighted by Gasteiger charge is 2.25. The van der Waals surface area contributed by atoms with E-state index in [4.69, 9.17) is 4.74 Å². The van der Waals surface area contributed by atoms with Crippen molar-refractivity contribution in [2.24, 2.45) is 0 Å². The lowest BCUT2D eigenvalue weighted by Crippen LogP contribution is -2.34. The summed E-state index contributed by atoms with van der Waals surface area (Å²) in [5, 5.41) is 9.70. The van der Waals surface area contributed by atoms with Crippen molar-refractivity contribution >= 4 is 16.7 Å². The molecule has 6 heteroatoms. The highest BCUT2D eigenvalue weighted by Crippen LogP contribution is 2.36. The van der Waals surface area contributed by atoms with Gasteiger partial charge in [0.25, 0.3) is 0 Å². The molecule has 2 aromatic carbocycles. The number of fused-ring (bicyclic) bond motifs is 3. The van der Waals surface area contributed by atoms with Crippen molar-refractivity contribution in [3.05, 3.63) is 78.4 Å². The minimum atomic E-state index is -0.0468. The molecule has 0 fully saturated rings. The first-order valence-electron chi connectivity index (χ1n) is 10.6. The van der Waals surface area contributed by atoms with E-state index in [-0.39, 0.29) is 12.0 Å². The van der Waals surface area contributed by atoms with Crippen LogP contribution in [-0.2, 0) is 17.8 Å². The van der Waals surface area contributed by atoms with Gasteiger partial charge in [0.1, 0.15) is 11.9 Å². The molecule has 0 unspecified atom stereocenters. The number of benzene rings is 2. The van der Waals surface area contributed by atoms with Crippen LogP contribution in [-0.4, -0.2) is 33.3 Å². The number of carbonyl (C=O) groups is 1. The maximum absolute atomic E-state index is 12.2. The van der Waals surface area contributed by atoms with Crippen molar-refractivity contribution in [3.8, 4) is 16.9 Å². The Morgan fingerprint density at radius 1 is 1.19 bits per heavy atom. The van der Waals surface area contributed by atoms with Crippen LogP contribution in [0.5, 0.6) is 5.75 Å². The molecule has 6 nitrogen and oxygen atoms in total. The van der Waals surface area contributed by atoms with Crippen molar-refractivity contribution < 1.29 is 9.53 Å². The van der Waals surface area contributed by atoms with Crippen LogP contribution >= 0.6 is 0 Å². The summed E-state index contributed by atoms with van der Waals surface area (Å²) in [6.45, 7) is 3.02. The van der Waals surface area contributed by atoms with E-state index in [0.29, 0.717) is 19.5 Å². The third kappa shape index (κ3) is 4.14. The zero-order valence-electron chi connectivity index (χ0n) is 17.4. The van der Waals surface area contributed by atoms with Gasteiger partial charge in [-0.05, 0) is 47.5 Å². The van der Waals surface area contributed by atoms with Crippen LogP contribution in [0.2, 0.25) is 0 Å². The fourth-order valence-electron chi connectivity index (χ4n) is 4.09. The van der Waals surface area contributed by atoms with Gasteiger partial charge in [0.05, 0.1) is 12.2 Å². The van der Waals surface area contributed by atoms with E-state index in [1.165, 1.54) is 16.3 Å². The van der Waals surface area contributed by atoms with Gasteiger partial charge in [0.2, 0.25) is 5.91 Å². The SMILES string of the molecule is Cc1ccn(CCC(=O)NC[C@@H]2Cc3c(ccc4cc(-c5cccnc5)ccc34)O2)n1. The molecule has 1 N–H and O–H groups in total. The second-order valence-electron chi connectivity index (χ2n) is 7.94. The van der Waals surface area contributed by atoms with E-state index < -0.39 is 0 Å². The van der Waals surface area contributed by atoms with Gasteiger partial charge in [-0.2, -0.15) is 5.10 Å². The second kappa shape index (κ2) is 8.22. The van der Waals surface area contributed by atoms with Crippen molar-refractivity contribution in [2.45, 2.75) is 32.4 Å². The Labute approximate surface area is 180 Å².